The van der Waals surface area contributed by atoms with Crippen molar-refractivity contribution >= 4 is 27.4 Å². The number of amidine groups is 1. The van der Waals surface area contributed by atoms with Gasteiger partial charge in [-0.25, -0.2) is 4.98 Å². The van der Waals surface area contributed by atoms with Gasteiger partial charge in [0.15, 0.2) is 0 Å². The Labute approximate surface area is 116 Å². The number of para-hydroxylation sites is 1. The third-order valence-electron chi connectivity index (χ3n) is 2.49. The van der Waals surface area contributed by atoms with Crippen LogP contribution in [0.25, 0.3) is 10.2 Å². The maximum Gasteiger partial charge on any atom is 0.122 e. The number of aromatic nitrogens is 1. The molecule has 19 heavy (non-hydrogen) atoms. The van der Waals surface area contributed by atoms with Crippen LogP contribution in [0.2, 0.25) is 0 Å². The Morgan fingerprint density at radius 3 is 2.26 bits per heavy atom. The van der Waals surface area contributed by atoms with E-state index in [2.05, 4.69) is 11.1 Å². The molecule has 0 unspecified atom stereocenters. The fraction of sp³-hybridized carbons (Fsp3) is 0.0667. The molecule has 0 aliphatic heterocycles. The van der Waals surface area contributed by atoms with Crippen molar-refractivity contribution in [1.29, 1.82) is 5.41 Å². The van der Waals surface area contributed by atoms with Crippen molar-refractivity contribution < 1.29 is 0 Å². The molecule has 3 nitrogen and oxygen atoms in total. The van der Waals surface area contributed by atoms with Crippen LogP contribution in [-0.2, 0) is 0 Å². The molecule has 2 aromatic carbocycles. The van der Waals surface area contributed by atoms with Gasteiger partial charge in [0.2, 0.25) is 0 Å². The topological polar surface area (TPSA) is 62.8 Å². The van der Waals surface area contributed by atoms with Gasteiger partial charge in [0, 0.05) is 5.56 Å². The summed E-state index contributed by atoms with van der Waals surface area (Å²) in [5, 5.41) is 8.15. The molecule has 1 aromatic heterocycles. The molecule has 1 heterocycles. The Hall–Kier alpha value is -2.20. The maximum atomic E-state index is 7.01. The first-order valence-corrected chi connectivity index (χ1v) is 6.70. The molecule has 0 saturated carbocycles. The van der Waals surface area contributed by atoms with E-state index in [1.807, 2.05) is 55.5 Å². The number of nitrogens with one attached hydrogen (secondary N) is 1. The first-order chi connectivity index (χ1) is 9.16. The second-order valence-electron chi connectivity index (χ2n) is 3.98. The van der Waals surface area contributed by atoms with Gasteiger partial charge in [-0.15, -0.1) is 11.3 Å². The van der Waals surface area contributed by atoms with Gasteiger partial charge in [0.25, 0.3) is 0 Å². The summed E-state index contributed by atoms with van der Waals surface area (Å²) in [6, 6.07) is 17.4. The summed E-state index contributed by atoms with van der Waals surface area (Å²) in [6.07, 6.45) is 0. The van der Waals surface area contributed by atoms with Crippen LogP contribution in [0.5, 0.6) is 0 Å². The zero-order valence-electron chi connectivity index (χ0n) is 10.6. The highest BCUT2D eigenvalue weighted by Gasteiger charge is 1.95. The molecule has 0 aliphatic carbocycles. The number of nitrogens with two attached hydrogens (primary N) is 1. The maximum absolute atomic E-state index is 7.01. The second-order valence-corrected chi connectivity index (χ2v) is 5.22. The van der Waals surface area contributed by atoms with Gasteiger partial charge >= 0.3 is 0 Å². The van der Waals surface area contributed by atoms with Crippen molar-refractivity contribution in [3.63, 3.8) is 0 Å². The molecule has 4 heteroatoms. The average molecular weight is 269 g/mol. The molecule has 0 aliphatic rings. The fourth-order valence-corrected chi connectivity index (χ4v) is 2.43. The summed E-state index contributed by atoms with van der Waals surface area (Å²) in [4.78, 5) is 4.33. The first kappa shape index (κ1) is 13.2. The van der Waals surface area contributed by atoms with Gasteiger partial charge in [-0.2, -0.15) is 0 Å². The van der Waals surface area contributed by atoms with E-state index in [1.165, 1.54) is 4.70 Å². The lowest BCUT2D eigenvalue weighted by Crippen LogP contribution is -2.10. The standard InChI is InChI=1S/C8H7NS.C7H8N2/c1-6-9-7-4-2-3-5-8(7)10-6;8-7(9)6-4-2-1-3-5-6/h2-5H,1H3;1-5H,(H3,8,9). The molecule has 0 saturated heterocycles. The molecular weight excluding hydrogens is 254 g/mol. The largest absolute Gasteiger partial charge is 0.384 e. The number of aryl methyl sites for hydroxylation is 1. The summed E-state index contributed by atoms with van der Waals surface area (Å²) < 4.78 is 1.28. The van der Waals surface area contributed by atoms with Gasteiger partial charge < -0.3 is 5.73 Å². The minimum atomic E-state index is 0.121. The van der Waals surface area contributed by atoms with E-state index in [1.54, 1.807) is 11.3 Å². The molecule has 3 aromatic rings. The zero-order chi connectivity index (χ0) is 13.7. The number of rotatable bonds is 1. The molecule has 0 radical (unpaired) electrons. The van der Waals surface area contributed by atoms with E-state index in [4.69, 9.17) is 11.1 Å². The molecule has 0 amide bonds. The fourth-order valence-electron chi connectivity index (χ4n) is 1.61. The lowest BCUT2D eigenvalue weighted by molar-refractivity contribution is 1.35. The van der Waals surface area contributed by atoms with Crippen LogP contribution in [-0.4, -0.2) is 10.8 Å². The molecular formula is C15H15N3S. The summed E-state index contributed by atoms with van der Waals surface area (Å²) in [5.74, 6) is 0.121. The van der Waals surface area contributed by atoms with Gasteiger partial charge in [-0.05, 0) is 19.1 Å². The number of thiazole rings is 1. The predicted molar refractivity (Wildman–Crippen MR) is 81.8 cm³/mol. The van der Waals surface area contributed by atoms with Gasteiger partial charge in [0.1, 0.15) is 5.84 Å². The number of nitrogens with zero attached hydrogens (tertiary/aromatic N) is 1. The minimum absolute atomic E-state index is 0.121. The first-order valence-electron chi connectivity index (χ1n) is 5.88. The van der Waals surface area contributed by atoms with Crippen LogP contribution in [0.3, 0.4) is 0 Å². The molecule has 3 rings (SSSR count). The monoisotopic (exact) mass is 269 g/mol. The molecule has 3 N–H and O–H groups in total. The van der Waals surface area contributed by atoms with Crippen LogP contribution in [0.15, 0.2) is 54.6 Å². The zero-order valence-corrected chi connectivity index (χ0v) is 11.4. The van der Waals surface area contributed by atoms with Gasteiger partial charge in [0.05, 0.1) is 15.2 Å². The molecule has 96 valence electrons. The molecule has 0 atom stereocenters. The van der Waals surface area contributed by atoms with Crippen molar-refractivity contribution in [1.82, 2.24) is 4.98 Å². The van der Waals surface area contributed by atoms with E-state index in [0.717, 1.165) is 16.1 Å². The number of hydrogen-bond donors (Lipinski definition) is 2. The summed E-state index contributed by atoms with van der Waals surface area (Å²) in [6.45, 7) is 2.03. The SMILES string of the molecule is Cc1nc2ccccc2s1.N=C(N)c1ccccc1. The van der Waals surface area contributed by atoms with Gasteiger partial charge in [-0.3, -0.25) is 5.41 Å². The van der Waals surface area contributed by atoms with Gasteiger partial charge in [-0.1, -0.05) is 42.5 Å². The van der Waals surface area contributed by atoms with Crippen molar-refractivity contribution in [2.24, 2.45) is 5.73 Å². The third-order valence-corrected chi connectivity index (χ3v) is 3.44. The van der Waals surface area contributed by atoms with Crippen LogP contribution in [0.4, 0.5) is 0 Å². The van der Waals surface area contributed by atoms with E-state index >= 15 is 0 Å². The van der Waals surface area contributed by atoms with E-state index in [0.29, 0.717) is 0 Å². The number of fused-ring (bicyclic) bond motifs is 1. The number of nitrogen functional groups attached to an aromatic ring is 1. The lowest BCUT2D eigenvalue weighted by Gasteiger charge is -1.93. The molecule has 0 bridgehead atoms. The van der Waals surface area contributed by atoms with Crippen LogP contribution < -0.4 is 5.73 Å². The van der Waals surface area contributed by atoms with Crippen LogP contribution in [0, 0.1) is 12.3 Å². The van der Waals surface area contributed by atoms with E-state index < -0.39 is 0 Å². The minimum Gasteiger partial charge on any atom is -0.384 e. The third kappa shape index (κ3) is 3.63. The second kappa shape index (κ2) is 6.11. The Kier molecular flexibility index (Phi) is 4.26. The Morgan fingerprint density at radius 2 is 1.68 bits per heavy atom. The number of benzene rings is 2. The average Bonchev–Trinajstić information content (AvgIpc) is 2.80. The van der Waals surface area contributed by atoms with Crippen LogP contribution in [0.1, 0.15) is 10.6 Å². The van der Waals surface area contributed by atoms with Crippen molar-refractivity contribution in [3.05, 3.63) is 65.2 Å². The van der Waals surface area contributed by atoms with E-state index in [-0.39, 0.29) is 5.84 Å². The normalized spacial score (nSPS) is 9.74. The van der Waals surface area contributed by atoms with E-state index in [9.17, 15) is 0 Å². The summed E-state index contributed by atoms with van der Waals surface area (Å²) in [7, 11) is 0. The highest BCUT2D eigenvalue weighted by atomic mass is 32.1. The Balaban J connectivity index is 0.000000141. The number of hydrogen-bond acceptors (Lipinski definition) is 3. The highest BCUT2D eigenvalue weighted by molar-refractivity contribution is 7.18. The van der Waals surface area contributed by atoms with Crippen molar-refractivity contribution in [3.8, 4) is 0 Å². The summed E-state index contributed by atoms with van der Waals surface area (Å²) in [5.41, 5.74) is 7.09. The van der Waals surface area contributed by atoms with Crippen molar-refractivity contribution in [2.45, 2.75) is 6.92 Å². The quantitative estimate of drug-likeness (QED) is 0.524. The Bertz CT molecular complexity index is 641. The predicted octanol–water partition coefficient (Wildman–Crippen LogP) is 3.58. The smallest absolute Gasteiger partial charge is 0.122 e. The highest BCUT2D eigenvalue weighted by Crippen LogP contribution is 2.19. The van der Waals surface area contributed by atoms with Crippen molar-refractivity contribution in [2.75, 3.05) is 0 Å². The molecule has 0 fully saturated rings. The van der Waals surface area contributed by atoms with Crippen LogP contribution >= 0.6 is 11.3 Å². The molecule has 0 spiro atoms. The summed E-state index contributed by atoms with van der Waals surface area (Å²) >= 11 is 1.74. The lowest BCUT2D eigenvalue weighted by atomic mass is 10.2. The Morgan fingerprint density at radius 1 is 1.05 bits per heavy atom.